The minimum atomic E-state index is -0.263. The van der Waals surface area contributed by atoms with Crippen LogP contribution in [0.15, 0.2) is 54.6 Å². The normalized spacial score (nSPS) is 15.4. The van der Waals surface area contributed by atoms with Crippen molar-refractivity contribution >= 4 is 12.0 Å². The molecule has 0 unspecified atom stereocenters. The predicted molar refractivity (Wildman–Crippen MR) is 100 cm³/mol. The van der Waals surface area contributed by atoms with Crippen LogP contribution < -0.4 is 4.74 Å². The van der Waals surface area contributed by atoms with Crippen molar-refractivity contribution in [1.29, 1.82) is 0 Å². The molecule has 1 saturated heterocycles. The Balaban J connectivity index is 1.53. The lowest BCUT2D eigenvalue weighted by atomic mass is 10.1. The van der Waals surface area contributed by atoms with E-state index in [-0.39, 0.29) is 11.7 Å². The summed E-state index contributed by atoms with van der Waals surface area (Å²) in [6.45, 7) is 3.45. The van der Waals surface area contributed by atoms with Crippen LogP contribution in [0, 0.1) is 5.82 Å². The summed E-state index contributed by atoms with van der Waals surface area (Å²) in [5.74, 6) is 0.452. The molecule has 3 rings (SSSR count). The molecule has 26 heavy (non-hydrogen) atoms. The van der Waals surface area contributed by atoms with Gasteiger partial charge in [0.15, 0.2) is 0 Å². The number of piperazine rings is 1. The van der Waals surface area contributed by atoms with Gasteiger partial charge in [0, 0.05) is 44.4 Å². The first kappa shape index (κ1) is 18.1. The number of carbonyl (C=O) groups is 1. The van der Waals surface area contributed by atoms with Crippen molar-refractivity contribution in [3.63, 3.8) is 0 Å². The highest BCUT2D eigenvalue weighted by atomic mass is 19.1. The molecule has 1 amide bonds. The van der Waals surface area contributed by atoms with Gasteiger partial charge in [-0.1, -0.05) is 30.3 Å². The second kappa shape index (κ2) is 8.63. The molecule has 5 heteroatoms. The molecule has 4 nitrogen and oxygen atoms in total. The molecule has 0 N–H and O–H groups in total. The zero-order valence-electron chi connectivity index (χ0n) is 14.9. The lowest BCUT2D eigenvalue weighted by Gasteiger charge is -2.34. The fraction of sp³-hybridized carbons (Fsp3) is 0.286. The monoisotopic (exact) mass is 354 g/mol. The van der Waals surface area contributed by atoms with Crippen molar-refractivity contribution in [3.05, 3.63) is 71.6 Å². The fourth-order valence-electron chi connectivity index (χ4n) is 3.08. The highest BCUT2D eigenvalue weighted by molar-refractivity contribution is 5.91. The van der Waals surface area contributed by atoms with Crippen LogP contribution in [0.5, 0.6) is 5.75 Å². The third-order valence-electron chi connectivity index (χ3n) is 4.54. The van der Waals surface area contributed by atoms with E-state index < -0.39 is 0 Å². The van der Waals surface area contributed by atoms with Gasteiger partial charge in [-0.25, -0.2) is 4.39 Å². The number of amides is 1. The van der Waals surface area contributed by atoms with Gasteiger partial charge in [-0.2, -0.15) is 0 Å². The third-order valence-corrected chi connectivity index (χ3v) is 4.54. The molecule has 2 aromatic rings. The molecule has 0 aliphatic carbocycles. The van der Waals surface area contributed by atoms with E-state index in [9.17, 15) is 9.18 Å². The van der Waals surface area contributed by atoms with Crippen LogP contribution in [0.4, 0.5) is 4.39 Å². The van der Waals surface area contributed by atoms with Crippen LogP contribution >= 0.6 is 0 Å². The number of rotatable bonds is 5. The molecule has 1 aliphatic heterocycles. The minimum absolute atomic E-state index is 0.0249. The average Bonchev–Trinajstić information content (AvgIpc) is 2.68. The van der Waals surface area contributed by atoms with Crippen LogP contribution in [0.2, 0.25) is 0 Å². The number of halogens is 1. The largest absolute Gasteiger partial charge is 0.496 e. The van der Waals surface area contributed by atoms with E-state index in [1.165, 1.54) is 12.1 Å². The highest BCUT2D eigenvalue weighted by Gasteiger charge is 2.20. The van der Waals surface area contributed by atoms with Crippen molar-refractivity contribution < 1.29 is 13.9 Å². The Bertz CT molecular complexity index is 769. The maximum atomic E-state index is 13.5. The van der Waals surface area contributed by atoms with Gasteiger partial charge in [-0.15, -0.1) is 0 Å². The summed E-state index contributed by atoms with van der Waals surface area (Å²) in [5.41, 5.74) is 1.84. The van der Waals surface area contributed by atoms with E-state index in [0.29, 0.717) is 25.4 Å². The predicted octanol–water partition coefficient (Wildman–Crippen LogP) is 3.19. The number of ether oxygens (including phenoxy) is 1. The third kappa shape index (κ3) is 4.70. The Kier molecular flexibility index (Phi) is 6.02. The summed E-state index contributed by atoms with van der Waals surface area (Å²) in [6.07, 6.45) is 3.47. The first-order valence-corrected chi connectivity index (χ1v) is 8.72. The van der Waals surface area contributed by atoms with Gasteiger partial charge in [0.1, 0.15) is 11.6 Å². The van der Waals surface area contributed by atoms with E-state index in [1.54, 1.807) is 19.3 Å². The van der Waals surface area contributed by atoms with Gasteiger partial charge in [0.05, 0.1) is 7.11 Å². The Morgan fingerprint density at radius 1 is 1.12 bits per heavy atom. The van der Waals surface area contributed by atoms with E-state index >= 15 is 0 Å². The van der Waals surface area contributed by atoms with E-state index in [0.717, 1.165) is 24.2 Å². The van der Waals surface area contributed by atoms with Crippen molar-refractivity contribution in [1.82, 2.24) is 9.80 Å². The maximum Gasteiger partial charge on any atom is 0.246 e. The summed E-state index contributed by atoms with van der Waals surface area (Å²) < 4.78 is 18.8. The molecule has 1 heterocycles. The van der Waals surface area contributed by atoms with Gasteiger partial charge < -0.3 is 9.64 Å². The van der Waals surface area contributed by atoms with Gasteiger partial charge in [-0.3, -0.25) is 9.69 Å². The molecule has 0 atom stereocenters. The summed E-state index contributed by atoms with van der Waals surface area (Å²) in [5, 5.41) is 0. The number of methoxy groups -OCH3 is 1. The molecule has 2 aromatic carbocycles. The Morgan fingerprint density at radius 3 is 2.54 bits per heavy atom. The zero-order valence-corrected chi connectivity index (χ0v) is 14.9. The van der Waals surface area contributed by atoms with Gasteiger partial charge in [0.25, 0.3) is 0 Å². The molecular formula is C21H23FN2O2. The van der Waals surface area contributed by atoms with Crippen molar-refractivity contribution in [2.75, 3.05) is 33.3 Å². The number of benzene rings is 2. The van der Waals surface area contributed by atoms with Crippen molar-refractivity contribution in [2.45, 2.75) is 6.54 Å². The molecule has 0 bridgehead atoms. The molecule has 0 aromatic heterocycles. The number of hydrogen-bond donors (Lipinski definition) is 0. The van der Waals surface area contributed by atoms with Crippen molar-refractivity contribution in [3.8, 4) is 5.75 Å². The number of nitrogens with zero attached hydrogens (tertiary/aromatic N) is 2. The molecule has 0 spiro atoms. The van der Waals surface area contributed by atoms with E-state index in [2.05, 4.69) is 4.90 Å². The molecule has 1 aliphatic rings. The van der Waals surface area contributed by atoms with Crippen LogP contribution in [0.1, 0.15) is 11.1 Å². The van der Waals surface area contributed by atoms with Crippen molar-refractivity contribution in [2.24, 2.45) is 0 Å². The van der Waals surface area contributed by atoms with E-state index in [4.69, 9.17) is 4.74 Å². The van der Waals surface area contributed by atoms with Crippen LogP contribution in [-0.2, 0) is 11.3 Å². The fourth-order valence-corrected chi connectivity index (χ4v) is 3.08. The average molecular weight is 354 g/mol. The summed E-state index contributed by atoms with van der Waals surface area (Å²) in [6, 6.07) is 14.3. The smallest absolute Gasteiger partial charge is 0.246 e. The van der Waals surface area contributed by atoms with E-state index in [1.807, 2.05) is 41.3 Å². The second-order valence-electron chi connectivity index (χ2n) is 6.30. The van der Waals surface area contributed by atoms with Crippen LogP contribution in [0.3, 0.4) is 0 Å². The molecular weight excluding hydrogens is 331 g/mol. The SMILES string of the molecule is COc1ccc(F)cc1CN1CCN(C(=O)/C=C/c2ccccc2)CC1. The zero-order chi connectivity index (χ0) is 18.4. The quantitative estimate of drug-likeness (QED) is 0.773. The lowest BCUT2D eigenvalue weighted by Crippen LogP contribution is -2.47. The standard InChI is InChI=1S/C21H23FN2O2/c1-26-20-9-8-19(22)15-18(20)16-23-11-13-24(14-12-23)21(25)10-7-17-5-3-2-4-6-17/h2-10,15H,11-14,16H2,1H3/b10-7+. The summed E-state index contributed by atoms with van der Waals surface area (Å²) in [7, 11) is 1.59. The Morgan fingerprint density at radius 2 is 1.85 bits per heavy atom. The molecule has 136 valence electrons. The lowest BCUT2D eigenvalue weighted by molar-refractivity contribution is -0.127. The molecule has 0 radical (unpaired) electrons. The first-order valence-electron chi connectivity index (χ1n) is 8.72. The Labute approximate surface area is 153 Å². The molecule has 0 saturated carbocycles. The first-order chi connectivity index (χ1) is 12.7. The molecule has 1 fully saturated rings. The van der Waals surface area contributed by atoms with Crippen LogP contribution in [0.25, 0.3) is 6.08 Å². The van der Waals surface area contributed by atoms with Gasteiger partial charge >= 0.3 is 0 Å². The summed E-state index contributed by atoms with van der Waals surface area (Å²) in [4.78, 5) is 16.4. The Hall–Kier alpha value is -2.66. The number of carbonyl (C=O) groups excluding carboxylic acids is 1. The van der Waals surface area contributed by atoms with Gasteiger partial charge in [0.2, 0.25) is 5.91 Å². The van der Waals surface area contributed by atoms with Gasteiger partial charge in [-0.05, 0) is 29.8 Å². The van der Waals surface area contributed by atoms with Crippen LogP contribution in [-0.4, -0.2) is 49.0 Å². The summed E-state index contributed by atoms with van der Waals surface area (Å²) >= 11 is 0. The topological polar surface area (TPSA) is 32.8 Å². The minimum Gasteiger partial charge on any atom is -0.496 e. The maximum absolute atomic E-state index is 13.5. The highest BCUT2D eigenvalue weighted by Crippen LogP contribution is 2.21. The number of hydrogen-bond acceptors (Lipinski definition) is 3. The second-order valence-corrected chi connectivity index (χ2v) is 6.30.